The topological polar surface area (TPSA) is 55.8 Å². The number of unbranched alkanes of at least 4 members (excludes halogenated alkanes) is 1. The van der Waals surface area contributed by atoms with E-state index in [1.54, 1.807) is 20.3 Å². The van der Waals surface area contributed by atoms with Gasteiger partial charge in [0.1, 0.15) is 11.5 Å². The number of methoxy groups -OCH3 is 2. The Hall–Kier alpha value is -2.31. The number of ether oxygens (including phenoxy) is 2. The van der Waals surface area contributed by atoms with Crippen molar-refractivity contribution in [2.75, 3.05) is 20.0 Å². The van der Waals surface area contributed by atoms with Crippen molar-refractivity contribution in [1.82, 2.24) is 4.31 Å². The van der Waals surface area contributed by atoms with Gasteiger partial charge in [-0.05, 0) is 48.2 Å². The molecule has 0 aliphatic rings. The number of allylic oxidation sites excluding steroid dienone is 1. The van der Waals surface area contributed by atoms with Crippen molar-refractivity contribution in [3.8, 4) is 11.5 Å². The Morgan fingerprint density at radius 2 is 1.33 bits per heavy atom. The maximum absolute atomic E-state index is 12.9. The van der Waals surface area contributed by atoms with Crippen LogP contribution >= 0.6 is 0 Å². The molecule has 27 heavy (non-hydrogen) atoms. The van der Waals surface area contributed by atoms with E-state index < -0.39 is 10.0 Å². The second kappa shape index (κ2) is 10.1. The van der Waals surface area contributed by atoms with E-state index in [1.165, 1.54) is 4.31 Å². The molecule has 0 spiro atoms. The van der Waals surface area contributed by atoms with Crippen molar-refractivity contribution in [2.24, 2.45) is 0 Å². The van der Waals surface area contributed by atoms with Gasteiger partial charge in [-0.15, -0.1) is 6.58 Å². The first-order valence-corrected chi connectivity index (χ1v) is 10.4. The molecule has 2 aromatic rings. The van der Waals surface area contributed by atoms with Crippen LogP contribution in [0.2, 0.25) is 0 Å². The van der Waals surface area contributed by atoms with Gasteiger partial charge in [0, 0.05) is 13.1 Å². The minimum atomic E-state index is -3.40. The van der Waals surface area contributed by atoms with Crippen LogP contribution in [0.15, 0.2) is 61.2 Å². The summed E-state index contributed by atoms with van der Waals surface area (Å²) in [5, 5.41) is 0. The molecular formula is C21H27NO4S. The summed E-state index contributed by atoms with van der Waals surface area (Å²) in [4.78, 5) is 0. The minimum Gasteiger partial charge on any atom is -0.497 e. The third-order valence-electron chi connectivity index (χ3n) is 4.24. The lowest BCUT2D eigenvalue weighted by atomic mass is 10.2. The average molecular weight is 390 g/mol. The summed E-state index contributed by atoms with van der Waals surface area (Å²) < 4.78 is 37.7. The smallest absolute Gasteiger partial charge is 0.214 e. The number of sulfonamides is 1. The SMILES string of the molecule is C=CCCCS(=O)(=O)N(Cc1ccc(OC)cc1)Cc1ccc(OC)cc1. The Balaban J connectivity index is 2.21. The molecule has 146 valence electrons. The molecule has 2 rings (SSSR count). The third kappa shape index (κ3) is 6.41. The number of benzene rings is 2. The van der Waals surface area contributed by atoms with Gasteiger partial charge in [-0.2, -0.15) is 4.31 Å². The zero-order valence-electron chi connectivity index (χ0n) is 15.9. The van der Waals surface area contributed by atoms with Crippen molar-refractivity contribution in [3.63, 3.8) is 0 Å². The quantitative estimate of drug-likeness (QED) is 0.431. The van der Waals surface area contributed by atoms with Crippen LogP contribution in [-0.4, -0.2) is 32.7 Å². The van der Waals surface area contributed by atoms with Crippen LogP contribution in [0, 0.1) is 0 Å². The van der Waals surface area contributed by atoms with Gasteiger partial charge in [-0.1, -0.05) is 30.3 Å². The van der Waals surface area contributed by atoms with Crippen LogP contribution in [0.25, 0.3) is 0 Å². The summed E-state index contributed by atoms with van der Waals surface area (Å²) >= 11 is 0. The molecule has 0 amide bonds. The third-order valence-corrected chi connectivity index (χ3v) is 6.09. The van der Waals surface area contributed by atoms with Gasteiger partial charge in [0.05, 0.1) is 20.0 Å². The zero-order chi connectivity index (χ0) is 19.7. The van der Waals surface area contributed by atoms with Gasteiger partial charge in [-0.3, -0.25) is 0 Å². The first-order valence-electron chi connectivity index (χ1n) is 8.83. The molecule has 0 saturated carbocycles. The molecule has 0 heterocycles. The van der Waals surface area contributed by atoms with Gasteiger partial charge in [0.2, 0.25) is 10.0 Å². The molecule has 0 saturated heterocycles. The number of hydrogen-bond donors (Lipinski definition) is 0. The fraction of sp³-hybridized carbons (Fsp3) is 0.333. The summed E-state index contributed by atoms with van der Waals surface area (Å²) in [5.74, 6) is 1.59. The first-order chi connectivity index (χ1) is 13.0. The maximum atomic E-state index is 12.9. The van der Waals surface area contributed by atoms with Crippen LogP contribution < -0.4 is 9.47 Å². The molecule has 0 bridgehead atoms. The number of rotatable bonds is 11. The van der Waals surface area contributed by atoms with E-state index >= 15 is 0 Å². The molecule has 0 fully saturated rings. The molecule has 0 aliphatic heterocycles. The summed E-state index contributed by atoms with van der Waals surface area (Å²) in [7, 11) is -0.187. The maximum Gasteiger partial charge on any atom is 0.214 e. The highest BCUT2D eigenvalue weighted by atomic mass is 32.2. The predicted octanol–water partition coefficient (Wildman–Crippen LogP) is 4.00. The molecule has 0 aliphatic carbocycles. The van der Waals surface area contributed by atoms with Crippen molar-refractivity contribution < 1.29 is 17.9 Å². The highest BCUT2D eigenvalue weighted by Gasteiger charge is 2.22. The van der Waals surface area contributed by atoms with Gasteiger partial charge >= 0.3 is 0 Å². The van der Waals surface area contributed by atoms with E-state index in [1.807, 2.05) is 48.5 Å². The average Bonchev–Trinajstić information content (AvgIpc) is 2.68. The molecule has 2 aromatic carbocycles. The molecule has 0 radical (unpaired) electrons. The van der Waals surface area contributed by atoms with E-state index in [2.05, 4.69) is 6.58 Å². The van der Waals surface area contributed by atoms with Crippen LogP contribution in [0.4, 0.5) is 0 Å². The Morgan fingerprint density at radius 1 is 0.889 bits per heavy atom. The van der Waals surface area contributed by atoms with Gasteiger partial charge in [-0.25, -0.2) is 8.42 Å². The molecule has 0 unspecified atom stereocenters. The lowest BCUT2D eigenvalue weighted by Gasteiger charge is -2.23. The van der Waals surface area contributed by atoms with Crippen LogP contribution in [-0.2, 0) is 23.1 Å². The van der Waals surface area contributed by atoms with Gasteiger partial charge < -0.3 is 9.47 Å². The molecule has 0 atom stereocenters. The zero-order valence-corrected chi connectivity index (χ0v) is 16.7. The second-order valence-electron chi connectivity index (χ2n) is 6.21. The lowest BCUT2D eigenvalue weighted by Crippen LogP contribution is -2.32. The Bertz CT molecular complexity index is 765. The van der Waals surface area contributed by atoms with Crippen molar-refractivity contribution in [1.29, 1.82) is 0 Å². The summed E-state index contributed by atoms with van der Waals surface area (Å²) in [5.41, 5.74) is 1.83. The highest BCUT2D eigenvalue weighted by Crippen LogP contribution is 2.20. The summed E-state index contributed by atoms with van der Waals surface area (Å²) in [6.45, 7) is 4.28. The molecular weight excluding hydrogens is 362 g/mol. The van der Waals surface area contributed by atoms with E-state index in [0.717, 1.165) is 22.6 Å². The normalized spacial score (nSPS) is 11.4. The lowest BCUT2D eigenvalue weighted by molar-refractivity contribution is 0.397. The highest BCUT2D eigenvalue weighted by molar-refractivity contribution is 7.89. The molecule has 5 nitrogen and oxygen atoms in total. The fourth-order valence-electron chi connectivity index (χ4n) is 2.66. The summed E-state index contributed by atoms with van der Waals surface area (Å²) in [6, 6.07) is 14.9. The van der Waals surface area contributed by atoms with Gasteiger partial charge in [0.15, 0.2) is 0 Å². The Morgan fingerprint density at radius 3 is 1.70 bits per heavy atom. The molecule has 6 heteroatoms. The number of nitrogens with zero attached hydrogens (tertiary/aromatic N) is 1. The Kier molecular flexibility index (Phi) is 7.88. The fourth-order valence-corrected chi connectivity index (χ4v) is 4.14. The van der Waals surface area contributed by atoms with Crippen molar-refractivity contribution in [3.05, 3.63) is 72.3 Å². The summed E-state index contributed by atoms with van der Waals surface area (Å²) in [6.07, 6.45) is 2.98. The standard InChI is InChI=1S/C21H27NO4S/c1-4-5-6-15-27(23,24)22(16-18-7-11-20(25-2)12-8-18)17-19-9-13-21(26-3)14-10-19/h4,7-14H,1,5-6,15-17H2,2-3H3. The van der Waals surface area contributed by atoms with Crippen LogP contribution in [0.5, 0.6) is 11.5 Å². The van der Waals surface area contributed by atoms with E-state index in [9.17, 15) is 8.42 Å². The first kappa shape index (κ1) is 21.0. The van der Waals surface area contributed by atoms with Crippen LogP contribution in [0.1, 0.15) is 24.0 Å². The second-order valence-corrected chi connectivity index (χ2v) is 8.30. The van der Waals surface area contributed by atoms with Crippen molar-refractivity contribution in [2.45, 2.75) is 25.9 Å². The largest absolute Gasteiger partial charge is 0.497 e. The molecule has 0 N–H and O–H groups in total. The van der Waals surface area contributed by atoms with E-state index in [0.29, 0.717) is 25.9 Å². The van der Waals surface area contributed by atoms with Crippen LogP contribution in [0.3, 0.4) is 0 Å². The van der Waals surface area contributed by atoms with Gasteiger partial charge in [0.25, 0.3) is 0 Å². The monoisotopic (exact) mass is 389 g/mol. The Labute approximate surface area is 162 Å². The minimum absolute atomic E-state index is 0.103. The van der Waals surface area contributed by atoms with E-state index in [-0.39, 0.29) is 5.75 Å². The van der Waals surface area contributed by atoms with E-state index in [4.69, 9.17) is 9.47 Å². The van der Waals surface area contributed by atoms with Crippen molar-refractivity contribution >= 4 is 10.0 Å². The predicted molar refractivity (Wildman–Crippen MR) is 108 cm³/mol. The number of hydrogen-bond acceptors (Lipinski definition) is 4. The molecule has 0 aromatic heterocycles.